The van der Waals surface area contributed by atoms with Crippen LogP contribution in [0.1, 0.15) is 18.5 Å². The maximum absolute atomic E-state index is 5.88. The molecule has 96 valence electrons. The van der Waals surface area contributed by atoms with Crippen LogP contribution < -0.4 is 5.73 Å². The Bertz CT molecular complexity index is 496. The Hall–Kier alpha value is -1.39. The second-order valence-corrected chi connectivity index (χ2v) is 5.25. The molecule has 1 fully saturated rings. The maximum Gasteiger partial charge on any atom is 0.137 e. The predicted molar refractivity (Wildman–Crippen MR) is 72.2 cm³/mol. The van der Waals surface area contributed by atoms with Gasteiger partial charge in [-0.1, -0.05) is 6.07 Å². The van der Waals surface area contributed by atoms with Crippen LogP contribution in [0.15, 0.2) is 30.6 Å². The molecule has 0 spiro atoms. The molecular formula is C14H20N4. The van der Waals surface area contributed by atoms with Gasteiger partial charge in [0.15, 0.2) is 0 Å². The summed E-state index contributed by atoms with van der Waals surface area (Å²) in [5.41, 5.74) is 8.00. The summed E-state index contributed by atoms with van der Waals surface area (Å²) >= 11 is 0. The molecule has 0 saturated heterocycles. The smallest absolute Gasteiger partial charge is 0.137 e. The summed E-state index contributed by atoms with van der Waals surface area (Å²) in [6.07, 6.45) is 6.80. The first-order valence-electron chi connectivity index (χ1n) is 6.61. The van der Waals surface area contributed by atoms with Crippen LogP contribution in [-0.4, -0.2) is 33.9 Å². The topological polar surface area (TPSA) is 46.6 Å². The van der Waals surface area contributed by atoms with Gasteiger partial charge in [-0.25, -0.2) is 4.98 Å². The van der Waals surface area contributed by atoms with Crippen molar-refractivity contribution >= 4 is 5.65 Å². The minimum absolute atomic E-state index is 0.509. The fourth-order valence-electron chi connectivity index (χ4n) is 2.65. The van der Waals surface area contributed by atoms with Crippen LogP contribution in [0.2, 0.25) is 0 Å². The lowest BCUT2D eigenvalue weighted by atomic mass is 10.1. The van der Waals surface area contributed by atoms with Crippen molar-refractivity contribution in [2.45, 2.75) is 25.4 Å². The number of likely N-dealkylation sites (N-methyl/N-ethyl adjacent to an activating group) is 1. The second-order valence-electron chi connectivity index (χ2n) is 5.25. The number of nitrogens with zero attached hydrogens (tertiary/aromatic N) is 3. The number of hydrogen-bond donors (Lipinski definition) is 1. The first-order chi connectivity index (χ1) is 8.78. The molecule has 4 nitrogen and oxygen atoms in total. The van der Waals surface area contributed by atoms with E-state index in [9.17, 15) is 0 Å². The molecule has 3 rings (SSSR count). The Morgan fingerprint density at radius 1 is 1.50 bits per heavy atom. The third-order valence-corrected chi connectivity index (χ3v) is 3.80. The normalized spacial score (nSPS) is 17.5. The summed E-state index contributed by atoms with van der Waals surface area (Å²) < 4.78 is 2.07. The zero-order valence-corrected chi connectivity index (χ0v) is 10.8. The first kappa shape index (κ1) is 11.7. The predicted octanol–water partition coefficient (Wildman–Crippen LogP) is 1.50. The Morgan fingerprint density at radius 3 is 3.00 bits per heavy atom. The van der Waals surface area contributed by atoms with E-state index in [1.165, 1.54) is 12.8 Å². The molecule has 0 radical (unpaired) electrons. The van der Waals surface area contributed by atoms with Crippen LogP contribution in [0.5, 0.6) is 0 Å². The lowest BCUT2D eigenvalue weighted by Crippen LogP contribution is -2.39. The summed E-state index contributed by atoms with van der Waals surface area (Å²) in [5.74, 6) is 0.803. The highest BCUT2D eigenvalue weighted by Gasteiger charge is 2.32. The van der Waals surface area contributed by atoms with Gasteiger partial charge in [-0.3, -0.25) is 4.90 Å². The molecule has 2 aromatic rings. The molecule has 1 unspecified atom stereocenters. The summed E-state index contributed by atoms with van der Waals surface area (Å²) in [6, 6.07) is 6.58. The van der Waals surface area contributed by atoms with E-state index in [1.54, 1.807) is 0 Å². The van der Waals surface area contributed by atoms with Crippen molar-refractivity contribution in [1.82, 2.24) is 14.3 Å². The highest BCUT2D eigenvalue weighted by atomic mass is 15.2. The van der Waals surface area contributed by atoms with Gasteiger partial charge in [0.25, 0.3) is 0 Å². The van der Waals surface area contributed by atoms with Gasteiger partial charge < -0.3 is 10.1 Å². The standard InChI is InChI=1S/C14H20N4/c1-17(13(8-15)11-5-6-11)9-12-10-18-7-3-2-4-14(18)16-12/h2-4,7,10-11,13H,5-6,8-9,15H2,1H3. The molecule has 0 aliphatic heterocycles. The molecule has 0 bridgehead atoms. The van der Waals surface area contributed by atoms with Crippen molar-refractivity contribution in [1.29, 1.82) is 0 Å². The fraction of sp³-hybridized carbons (Fsp3) is 0.500. The number of hydrogen-bond acceptors (Lipinski definition) is 3. The van der Waals surface area contributed by atoms with E-state index in [1.807, 2.05) is 24.4 Å². The van der Waals surface area contributed by atoms with Crippen molar-refractivity contribution in [3.63, 3.8) is 0 Å². The lowest BCUT2D eigenvalue weighted by molar-refractivity contribution is 0.213. The molecule has 0 aromatic carbocycles. The van der Waals surface area contributed by atoms with Crippen LogP contribution in [0, 0.1) is 5.92 Å². The summed E-state index contributed by atoms with van der Waals surface area (Å²) in [4.78, 5) is 6.98. The van der Waals surface area contributed by atoms with Crippen LogP contribution in [0.25, 0.3) is 5.65 Å². The number of fused-ring (bicyclic) bond motifs is 1. The van der Waals surface area contributed by atoms with E-state index in [-0.39, 0.29) is 0 Å². The monoisotopic (exact) mass is 244 g/mol. The average molecular weight is 244 g/mol. The third kappa shape index (κ3) is 2.26. The van der Waals surface area contributed by atoms with E-state index < -0.39 is 0 Å². The van der Waals surface area contributed by atoms with Gasteiger partial charge in [-0.2, -0.15) is 0 Å². The Balaban J connectivity index is 1.74. The molecule has 18 heavy (non-hydrogen) atoms. The summed E-state index contributed by atoms with van der Waals surface area (Å²) in [5, 5.41) is 0. The second kappa shape index (κ2) is 4.71. The van der Waals surface area contributed by atoms with Crippen molar-refractivity contribution in [2.24, 2.45) is 11.7 Å². The van der Waals surface area contributed by atoms with E-state index in [0.29, 0.717) is 6.04 Å². The van der Waals surface area contributed by atoms with Gasteiger partial charge in [0, 0.05) is 31.5 Å². The maximum atomic E-state index is 5.88. The van der Waals surface area contributed by atoms with E-state index >= 15 is 0 Å². The van der Waals surface area contributed by atoms with Crippen LogP contribution in [0.3, 0.4) is 0 Å². The molecule has 2 aromatic heterocycles. The lowest BCUT2D eigenvalue weighted by Gasteiger charge is -2.25. The molecule has 1 atom stereocenters. The quantitative estimate of drug-likeness (QED) is 0.867. The molecule has 1 aliphatic carbocycles. The van der Waals surface area contributed by atoms with Gasteiger partial charge in [0.2, 0.25) is 0 Å². The van der Waals surface area contributed by atoms with Crippen molar-refractivity contribution < 1.29 is 0 Å². The molecule has 0 amide bonds. The van der Waals surface area contributed by atoms with Gasteiger partial charge in [-0.15, -0.1) is 0 Å². The van der Waals surface area contributed by atoms with Crippen LogP contribution in [0.4, 0.5) is 0 Å². The number of rotatable bonds is 5. The Kier molecular flexibility index (Phi) is 3.06. The van der Waals surface area contributed by atoms with E-state index in [4.69, 9.17) is 5.73 Å². The van der Waals surface area contributed by atoms with Gasteiger partial charge in [0.1, 0.15) is 5.65 Å². The van der Waals surface area contributed by atoms with E-state index in [0.717, 1.165) is 30.3 Å². The SMILES string of the molecule is CN(Cc1cn2ccccc2n1)C(CN)C1CC1. The van der Waals surface area contributed by atoms with Crippen molar-refractivity contribution in [3.8, 4) is 0 Å². The first-order valence-corrected chi connectivity index (χ1v) is 6.61. The van der Waals surface area contributed by atoms with Gasteiger partial charge in [0.05, 0.1) is 5.69 Å². The van der Waals surface area contributed by atoms with Crippen molar-refractivity contribution in [3.05, 3.63) is 36.3 Å². The number of aromatic nitrogens is 2. The highest BCUT2D eigenvalue weighted by Crippen LogP contribution is 2.34. The Morgan fingerprint density at radius 2 is 2.33 bits per heavy atom. The third-order valence-electron chi connectivity index (χ3n) is 3.80. The fourth-order valence-corrected chi connectivity index (χ4v) is 2.65. The highest BCUT2D eigenvalue weighted by molar-refractivity contribution is 5.39. The van der Waals surface area contributed by atoms with E-state index in [2.05, 4.69) is 27.5 Å². The average Bonchev–Trinajstić information content (AvgIpc) is 3.09. The number of pyridine rings is 1. The molecule has 1 saturated carbocycles. The molecule has 1 aliphatic rings. The largest absolute Gasteiger partial charge is 0.329 e. The molecule has 2 N–H and O–H groups in total. The van der Waals surface area contributed by atoms with Gasteiger partial charge in [-0.05, 0) is 37.9 Å². The molecule has 4 heteroatoms. The molecular weight excluding hydrogens is 224 g/mol. The zero-order chi connectivity index (χ0) is 12.5. The Labute approximate surface area is 107 Å². The van der Waals surface area contributed by atoms with Crippen molar-refractivity contribution in [2.75, 3.05) is 13.6 Å². The minimum atomic E-state index is 0.509. The minimum Gasteiger partial charge on any atom is -0.329 e. The molecule has 2 heterocycles. The van der Waals surface area contributed by atoms with Gasteiger partial charge >= 0.3 is 0 Å². The number of imidazole rings is 1. The number of nitrogens with two attached hydrogens (primary N) is 1. The van der Waals surface area contributed by atoms with Crippen LogP contribution >= 0.6 is 0 Å². The summed E-state index contributed by atoms with van der Waals surface area (Å²) in [7, 11) is 2.15. The van der Waals surface area contributed by atoms with Crippen LogP contribution in [-0.2, 0) is 6.54 Å². The zero-order valence-electron chi connectivity index (χ0n) is 10.8. The summed E-state index contributed by atoms with van der Waals surface area (Å²) in [6.45, 7) is 1.62.